The predicted molar refractivity (Wildman–Crippen MR) is 104 cm³/mol. The standard InChI is InChI=1S/C21H27N3O3/c1-3-4-12-27-21(26)18-9-5-6-10-19(18)23-20(25)17(13-22)15-24-11-7-8-16(2)14-24/h5-6,9-10,15-16H,3-4,7-8,11-12,14H2,1-2H3,(H,23,25)/b17-15-. The molecule has 0 radical (unpaired) electrons. The Labute approximate surface area is 160 Å². The first-order chi connectivity index (χ1) is 13.0. The summed E-state index contributed by atoms with van der Waals surface area (Å²) in [7, 11) is 0. The zero-order chi connectivity index (χ0) is 19.6. The molecule has 1 aromatic rings. The number of piperidine rings is 1. The van der Waals surface area contributed by atoms with Crippen LogP contribution in [0.4, 0.5) is 5.69 Å². The van der Waals surface area contributed by atoms with Crippen molar-refractivity contribution in [3.63, 3.8) is 0 Å². The maximum absolute atomic E-state index is 12.6. The van der Waals surface area contributed by atoms with E-state index in [1.807, 2.05) is 17.9 Å². The van der Waals surface area contributed by atoms with E-state index in [9.17, 15) is 14.9 Å². The molecule has 1 heterocycles. The number of likely N-dealkylation sites (tertiary alicyclic amines) is 1. The number of hydrogen-bond acceptors (Lipinski definition) is 5. The van der Waals surface area contributed by atoms with Crippen LogP contribution in [0.2, 0.25) is 0 Å². The number of nitrogens with zero attached hydrogens (tertiary/aromatic N) is 2. The number of carbonyl (C=O) groups excluding carboxylic acids is 2. The molecule has 1 amide bonds. The monoisotopic (exact) mass is 369 g/mol. The van der Waals surface area contributed by atoms with Gasteiger partial charge < -0.3 is 15.0 Å². The molecule has 1 saturated heterocycles. The first-order valence-corrected chi connectivity index (χ1v) is 9.48. The molecule has 0 bridgehead atoms. The van der Waals surface area contributed by atoms with Crippen molar-refractivity contribution in [3.05, 3.63) is 41.6 Å². The van der Waals surface area contributed by atoms with E-state index in [0.717, 1.165) is 38.8 Å². The molecule has 27 heavy (non-hydrogen) atoms. The minimum Gasteiger partial charge on any atom is -0.462 e. The lowest BCUT2D eigenvalue weighted by Gasteiger charge is -2.29. The van der Waals surface area contributed by atoms with Crippen molar-refractivity contribution in [2.45, 2.75) is 39.5 Å². The van der Waals surface area contributed by atoms with Crippen LogP contribution in [-0.4, -0.2) is 36.5 Å². The van der Waals surface area contributed by atoms with Gasteiger partial charge in [-0.15, -0.1) is 0 Å². The lowest BCUT2D eigenvalue weighted by atomic mass is 10.0. The van der Waals surface area contributed by atoms with Gasteiger partial charge in [0.1, 0.15) is 11.6 Å². The average molecular weight is 369 g/mol. The maximum atomic E-state index is 12.6. The van der Waals surface area contributed by atoms with E-state index in [0.29, 0.717) is 18.2 Å². The van der Waals surface area contributed by atoms with Crippen molar-refractivity contribution in [3.8, 4) is 6.07 Å². The van der Waals surface area contributed by atoms with Gasteiger partial charge in [-0.25, -0.2) is 4.79 Å². The van der Waals surface area contributed by atoms with Gasteiger partial charge >= 0.3 is 5.97 Å². The highest BCUT2D eigenvalue weighted by Crippen LogP contribution is 2.19. The number of esters is 1. The predicted octanol–water partition coefficient (Wildman–Crippen LogP) is 3.72. The highest BCUT2D eigenvalue weighted by molar-refractivity contribution is 6.09. The van der Waals surface area contributed by atoms with E-state index < -0.39 is 11.9 Å². The summed E-state index contributed by atoms with van der Waals surface area (Å²) >= 11 is 0. The first-order valence-electron chi connectivity index (χ1n) is 9.48. The van der Waals surface area contributed by atoms with Crippen molar-refractivity contribution < 1.29 is 14.3 Å². The van der Waals surface area contributed by atoms with Crippen molar-refractivity contribution in [1.29, 1.82) is 5.26 Å². The van der Waals surface area contributed by atoms with Crippen molar-refractivity contribution in [2.24, 2.45) is 5.92 Å². The van der Waals surface area contributed by atoms with Gasteiger partial charge in [0.15, 0.2) is 0 Å². The molecule has 144 valence electrons. The zero-order valence-electron chi connectivity index (χ0n) is 16.0. The molecule has 1 N–H and O–H groups in total. The number of amides is 1. The van der Waals surface area contributed by atoms with Gasteiger partial charge in [0.25, 0.3) is 5.91 Å². The van der Waals surface area contributed by atoms with Crippen LogP contribution in [0.15, 0.2) is 36.0 Å². The second-order valence-corrected chi connectivity index (χ2v) is 6.89. The van der Waals surface area contributed by atoms with Gasteiger partial charge in [-0.2, -0.15) is 5.26 Å². The zero-order valence-corrected chi connectivity index (χ0v) is 16.0. The highest BCUT2D eigenvalue weighted by Gasteiger charge is 2.19. The lowest BCUT2D eigenvalue weighted by Crippen LogP contribution is -2.31. The number of nitrogens with one attached hydrogen (secondary N) is 1. The third kappa shape index (κ3) is 6.14. The highest BCUT2D eigenvalue weighted by atomic mass is 16.5. The summed E-state index contributed by atoms with van der Waals surface area (Å²) in [4.78, 5) is 26.8. The van der Waals surface area contributed by atoms with E-state index in [-0.39, 0.29) is 11.1 Å². The number of rotatable bonds is 7. The van der Waals surface area contributed by atoms with Gasteiger partial charge in [0.05, 0.1) is 17.9 Å². The van der Waals surface area contributed by atoms with Crippen molar-refractivity contribution >= 4 is 17.6 Å². The Balaban J connectivity index is 2.10. The number of ether oxygens (including phenoxy) is 1. The molecule has 1 aromatic carbocycles. The van der Waals surface area contributed by atoms with Gasteiger partial charge in [-0.3, -0.25) is 4.79 Å². The number of anilines is 1. The fraction of sp³-hybridized carbons (Fsp3) is 0.476. The quantitative estimate of drug-likeness (QED) is 0.343. The minimum absolute atomic E-state index is 0.0262. The normalized spacial score (nSPS) is 17.1. The fourth-order valence-electron chi connectivity index (χ4n) is 3.01. The molecule has 1 fully saturated rings. The summed E-state index contributed by atoms with van der Waals surface area (Å²) in [5.74, 6) is -0.465. The average Bonchev–Trinajstić information content (AvgIpc) is 2.66. The molecule has 2 rings (SSSR count). The van der Waals surface area contributed by atoms with E-state index in [2.05, 4.69) is 12.2 Å². The molecule has 6 nitrogen and oxygen atoms in total. The molecule has 0 spiro atoms. The molecule has 1 aliphatic rings. The Bertz CT molecular complexity index is 736. The van der Waals surface area contributed by atoms with Crippen LogP contribution in [0.25, 0.3) is 0 Å². The molecule has 0 aromatic heterocycles. The SMILES string of the molecule is CCCCOC(=O)c1ccccc1NC(=O)/C(C#N)=C\N1CCCC(C)C1. The Kier molecular flexibility index (Phi) is 7.87. The van der Waals surface area contributed by atoms with Crippen molar-refractivity contribution in [2.75, 3.05) is 25.0 Å². The van der Waals surface area contributed by atoms with Gasteiger partial charge in [0, 0.05) is 19.3 Å². The third-order valence-electron chi connectivity index (χ3n) is 4.49. The third-order valence-corrected chi connectivity index (χ3v) is 4.49. The first kappa shape index (κ1) is 20.5. The molecular formula is C21H27N3O3. The smallest absolute Gasteiger partial charge is 0.340 e. The number of carbonyl (C=O) groups is 2. The van der Waals surface area contributed by atoms with E-state index >= 15 is 0 Å². The molecule has 0 saturated carbocycles. The van der Waals surface area contributed by atoms with Gasteiger partial charge in [0.2, 0.25) is 0 Å². The fourth-order valence-corrected chi connectivity index (χ4v) is 3.01. The number of para-hydroxylation sites is 1. The summed E-state index contributed by atoms with van der Waals surface area (Å²) in [5.41, 5.74) is 0.654. The number of unbranched alkanes of at least 4 members (excludes halogenated alkanes) is 1. The van der Waals surface area contributed by atoms with Crippen LogP contribution in [-0.2, 0) is 9.53 Å². The minimum atomic E-state index is -0.524. The van der Waals surface area contributed by atoms with Crippen LogP contribution in [0.3, 0.4) is 0 Å². The van der Waals surface area contributed by atoms with Gasteiger partial charge in [-0.1, -0.05) is 32.4 Å². The Morgan fingerprint density at radius 3 is 2.89 bits per heavy atom. The molecular weight excluding hydrogens is 342 g/mol. The Hall–Kier alpha value is -2.81. The summed E-state index contributed by atoms with van der Waals surface area (Å²) in [6.45, 7) is 6.18. The van der Waals surface area contributed by atoms with Crippen LogP contribution in [0.5, 0.6) is 0 Å². The molecule has 1 aliphatic heterocycles. The van der Waals surface area contributed by atoms with E-state index in [1.165, 1.54) is 0 Å². The molecule has 6 heteroatoms. The summed E-state index contributed by atoms with van der Waals surface area (Å²) in [6, 6.07) is 8.63. The summed E-state index contributed by atoms with van der Waals surface area (Å²) < 4.78 is 5.23. The van der Waals surface area contributed by atoms with E-state index in [4.69, 9.17) is 4.74 Å². The van der Waals surface area contributed by atoms with E-state index in [1.54, 1.807) is 30.5 Å². The van der Waals surface area contributed by atoms with Crippen LogP contribution in [0.1, 0.15) is 49.9 Å². The number of benzene rings is 1. The molecule has 0 aliphatic carbocycles. The largest absolute Gasteiger partial charge is 0.462 e. The second-order valence-electron chi connectivity index (χ2n) is 6.89. The molecule has 1 unspecified atom stereocenters. The Morgan fingerprint density at radius 2 is 2.19 bits per heavy atom. The van der Waals surface area contributed by atoms with Crippen LogP contribution < -0.4 is 5.32 Å². The lowest BCUT2D eigenvalue weighted by molar-refractivity contribution is -0.112. The number of hydrogen-bond donors (Lipinski definition) is 1. The van der Waals surface area contributed by atoms with Gasteiger partial charge in [-0.05, 0) is 37.3 Å². The summed E-state index contributed by atoms with van der Waals surface area (Å²) in [5, 5.41) is 12.1. The second kappa shape index (κ2) is 10.4. The molecule has 1 atom stereocenters. The van der Waals surface area contributed by atoms with Crippen LogP contribution in [0, 0.1) is 17.2 Å². The Morgan fingerprint density at radius 1 is 1.41 bits per heavy atom. The van der Waals surface area contributed by atoms with Crippen LogP contribution >= 0.6 is 0 Å². The summed E-state index contributed by atoms with van der Waals surface area (Å²) in [6.07, 6.45) is 5.54. The number of nitriles is 1. The maximum Gasteiger partial charge on any atom is 0.340 e. The topological polar surface area (TPSA) is 82.4 Å². The van der Waals surface area contributed by atoms with Crippen molar-refractivity contribution in [1.82, 2.24) is 4.90 Å².